The van der Waals surface area contributed by atoms with E-state index in [0.29, 0.717) is 0 Å². The summed E-state index contributed by atoms with van der Waals surface area (Å²) >= 11 is 0. The van der Waals surface area contributed by atoms with Crippen LogP contribution in [0.2, 0.25) is 0 Å². The average molecular weight is 844 g/mol. The van der Waals surface area contributed by atoms with Crippen molar-refractivity contribution in [3.05, 3.63) is 222 Å². The second-order valence-electron chi connectivity index (χ2n) is 19.6. The topological polar surface area (TPSA) is 16.4 Å². The zero-order chi connectivity index (χ0) is 44.1. The molecule has 1 heterocycles. The van der Waals surface area contributed by atoms with Gasteiger partial charge in [0, 0.05) is 50.3 Å². The Kier molecular flexibility index (Phi) is 7.55. The van der Waals surface area contributed by atoms with Gasteiger partial charge in [-0.25, -0.2) is 0 Å². The van der Waals surface area contributed by atoms with Crippen molar-refractivity contribution >= 4 is 82.1 Å². The minimum absolute atomic E-state index is 0.140. The van der Waals surface area contributed by atoms with Crippen LogP contribution >= 0.6 is 0 Å². The minimum atomic E-state index is -0.140. The fourth-order valence-corrected chi connectivity index (χ4v) is 12.2. The van der Waals surface area contributed by atoms with Crippen LogP contribution in [0.1, 0.15) is 49.9 Å². The van der Waals surface area contributed by atoms with Gasteiger partial charge in [-0.15, -0.1) is 0 Å². The summed E-state index contributed by atoms with van der Waals surface area (Å²) in [6.45, 7) is 9.46. The largest absolute Gasteiger partial charge is 0.455 e. The van der Waals surface area contributed by atoms with Crippen LogP contribution < -0.4 is 4.90 Å². The number of fused-ring (bicyclic) bond motifs is 16. The number of rotatable bonds is 4. The summed E-state index contributed by atoms with van der Waals surface area (Å²) in [5.41, 5.74) is 17.8. The summed E-state index contributed by atoms with van der Waals surface area (Å²) in [4.78, 5) is 2.45. The van der Waals surface area contributed by atoms with Gasteiger partial charge in [0.25, 0.3) is 0 Å². The molecule has 2 aliphatic carbocycles. The van der Waals surface area contributed by atoms with E-state index >= 15 is 0 Å². The molecule has 0 amide bonds. The monoisotopic (exact) mass is 843 g/mol. The van der Waals surface area contributed by atoms with Crippen molar-refractivity contribution in [3.63, 3.8) is 0 Å². The maximum Gasteiger partial charge on any atom is 0.143 e. The summed E-state index contributed by atoms with van der Waals surface area (Å²) < 4.78 is 7.25. The molecule has 0 spiro atoms. The van der Waals surface area contributed by atoms with E-state index in [2.05, 4.69) is 233 Å². The molecule has 0 fully saturated rings. The first-order valence-electron chi connectivity index (χ1n) is 23.2. The zero-order valence-electron chi connectivity index (χ0n) is 37.4. The van der Waals surface area contributed by atoms with E-state index in [4.69, 9.17) is 4.42 Å². The predicted molar refractivity (Wildman–Crippen MR) is 279 cm³/mol. The second kappa shape index (κ2) is 13.3. The maximum atomic E-state index is 7.25. The first-order chi connectivity index (χ1) is 32.2. The molecule has 0 aliphatic heterocycles. The molecule has 2 nitrogen and oxygen atoms in total. The van der Waals surface area contributed by atoms with Gasteiger partial charge in [0.2, 0.25) is 0 Å². The van der Waals surface area contributed by atoms with E-state index in [-0.39, 0.29) is 10.8 Å². The summed E-state index contributed by atoms with van der Waals surface area (Å²) in [7, 11) is 0. The molecule has 1 aromatic heterocycles. The lowest BCUT2D eigenvalue weighted by Crippen LogP contribution is -2.18. The lowest BCUT2D eigenvalue weighted by Gasteiger charge is -2.29. The first-order valence-corrected chi connectivity index (χ1v) is 23.2. The van der Waals surface area contributed by atoms with Gasteiger partial charge < -0.3 is 9.32 Å². The minimum Gasteiger partial charge on any atom is -0.455 e. The summed E-state index contributed by atoms with van der Waals surface area (Å²) in [6, 6.07) is 74.5. The molecule has 66 heavy (non-hydrogen) atoms. The Balaban J connectivity index is 0.991. The standard InChI is InChI=1S/C64H45NO/c1-63(2)56-23-13-11-21-49(56)51-30-26-40(35-58(51)63)65(41-27-31-52-50-22-12-14-24-57(50)64(3,4)59(52)36-41)42-28-32-53-55-33-38-15-5-6-16-43(38)61(62(55)66-60(53)37-42)39-25-29-48-46-19-8-7-17-44(46)45-18-9-10-20-47(45)54(48)34-39/h5-37H,1-4H3. The quantitative estimate of drug-likeness (QED) is 0.164. The third kappa shape index (κ3) is 5.07. The van der Waals surface area contributed by atoms with Crippen LogP contribution in [0, 0.1) is 0 Å². The molecule has 0 saturated heterocycles. The third-order valence-corrected chi connectivity index (χ3v) is 15.4. The number of nitrogens with zero attached hydrogens (tertiary/aromatic N) is 1. The van der Waals surface area contributed by atoms with Crippen LogP contribution in [0.4, 0.5) is 17.1 Å². The molecule has 12 aromatic rings. The zero-order valence-corrected chi connectivity index (χ0v) is 37.4. The van der Waals surface area contributed by atoms with E-state index in [1.54, 1.807) is 0 Å². The molecule has 0 bridgehead atoms. The summed E-state index contributed by atoms with van der Waals surface area (Å²) in [5, 5.41) is 12.2. The average Bonchev–Trinajstić information content (AvgIpc) is 3.91. The highest BCUT2D eigenvalue weighted by Gasteiger charge is 2.38. The molecule has 0 atom stereocenters. The normalized spacial score (nSPS) is 14.3. The number of furan rings is 1. The Morgan fingerprint density at radius 1 is 0.333 bits per heavy atom. The first kappa shape index (κ1) is 37.4. The SMILES string of the molecule is CC1(C)c2ccccc2-c2ccc(N(c3ccc4c(c3)C(C)(C)c3ccccc3-4)c3ccc4c(c3)oc3c(-c5ccc6c7ccccc7c7ccccc7c6c5)c5ccccc5cc34)cc21. The van der Waals surface area contributed by atoms with Gasteiger partial charge in [-0.05, 0) is 142 Å². The number of benzene rings is 11. The molecule has 0 N–H and O–H groups in total. The van der Waals surface area contributed by atoms with E-state index in [9.17, 15) is 0 Å². The van der Waals surface area contributed by atoms with Gasteiger partial charge in [-0.3, -0.25) is 0 Å². The Morgan fingerprint density at radius 3 is 1.39 bits per heavy atom. The van der Waals surface area contributed by atoms with Crippen LogP contribution in [0.5, 0.6) is 0 Å². The van der Waals surface area contributed by atoms with Crippen molar-refractivity contribution in [3.8, 4) is 33.4 Å². The third-order valence-electron chi connectivity index (χ3n) is 15.4. The summed E-state index contributed by atoms with van der Waals surface area (Å²) in [5.74, 6) is 0. The van der Waals surface area contributed by atoms with Gasteiger partial charge >= 0.3 is 0 Å². The molecule has 2 heteroatoms. The fraction of sp³-hybridized carbons (Fsp3) is 0.0938. The number of hydrogen-bond donors (Lipinski definition) is 0. The number of anilines is 3. The van der Waals surface area contributed by atoms with Gasteiger partial charge in [-0.2, -0.15) is 0 Å². The highest BCUT2D eigenvalue weighted by Crippen LogP contribution is 2.54. The molecule has 0 radical (unpaired) electrons. The Morgan fingerprint density at radius 2 is 0.788 bits per heavy atom. The van der Waals surface area contributed by atoms with Crippen LogP contribution in [0.25, 0.3) is 98.4 Å². The van der Waals surface area contributed by atoms with Crippen LogP contribution in [0.3, 0.4) is 0 Å². The predicted octanol–water partition coefficient (Wildman–Crippen LogP) is 17.9. The van der Waals surface area contributed by atoms with E-state index in [1.807, 2.05) is 0 Å². The molecular formula is C64H45NO. The fourth-order valence-electron chi connectivity index (χ4n) is 12.2. The van der Waals surface area contributed by atoms with Gasteiger partial charge in [0.1, 0.15) is 11.2 Å². The van der Waals surface area contributed by atoms with Crippen molar-refractivity contribution in [2.45, 2.75) is 38.5 Å². The molecule has 0 unspecified atom stereocenters. The van der Waals surface area contributed by atoms with Gasteiger partial charge in [0.05, 0.1) is 0 Å². The Hall–Kier alpha value is -7.94. The molecule has 11 aromatic carbocycles. The van der Waals surface area contributed by atoms with E-state index < -0.39 is 0 Å². The van der Waals surface area contributed by atoms with E-state index in [0.717, 1.165) is 50.1 Å². The smallest absolute Gasteiger partial charge is 0.143 e. The van der Waals surface area contributed by atoms with Crippen molar-refractivity contribution in [2.75, 3.05) is 4.90 Å². The number of hydrogen-bond acceptors (Lipinski definition) is 2. The summed E-state index contributed by atoms with van der Waals surface area (Å²) in [6.07, 6.45) is 0. The highest BCUT2D eigenvalue weighted by molar-refractivity contribution is 6.27. The van der Waals surface area contributed by atoms with Gasteiger partial charge in [0.15, 0.2) is 0 Å². The van der Waals surface area contributed by atoms with Crippen molar-refractivity contribution < 1.29 is 4.42 Å². The Labute approximate surface area is 384 Å². The lowest BCUT2D eigenvalue weighted by molar-refractivity contribution is 0.660. The maximum absolute atomic E-state index is 7.25. The molecular weight excluding hydrogens is 799 g/mol. The van der Waals surface area contributed by atoms with Crippen molar-refractivity contribution in [1.82, 2.24) is 0 Å². The molecule has 2 aliphatic rings. The van der Waals surface area contributed by atoms with Crippen molar-refractivity contribution in [2.24, 2.45) is 0 Å². The molecule has 0 saturated carbocycles. The van der Waals surface area contributed by atoms with Crippen LogP contribution in [-0.4, -0.2) is 0 Å². The second-order valence-corrected chi connectivity index (χ2v) is 19.6. The Bertz CT molecular complexity index is 3930. The van der Waals surface area contributed by atoms with Crippen LogP contribution in [0.15, 0.2) is 205 Å². The van der Waals surface area contributed by atoms with Crippen LogP contribution in [-0.2, 0) is 10.8 Å². The van der Waals surface area contributed by atoms with Crippen molar-refractivity contribution in [1.29, 1.82) is 0 Å². The molecule has 312 valence electrons. The molecule has 14 rings (SSSR count). The van der Waals surface area contributed by atoms with E-state index in [1.165, 1.54) is 87.6 Å². The highest BCUT2D eigenvalue weighted by atomic mass is 16.3. The van der Waals surface area contributed by atoms with Gasteiger partial charge in [-0.1, -0.05) is 173 Å². The lowest BCUT2D eigenvalue weighted by atomic mass is 9.82.